The molecule has 1 N–H and O–H groups in total. The van der Waals surface area contributed by atoms with E-state index in [-0.39, 0.29) is 11.3 Å². The summed E-state index contributed by atoms with van der Waals surface area (Å²) in [5, 5.41) is 24.2. The first-order valence-electron chi connectivity index (χ1n) is 5.33. The zero-order chi connectivity index (χ0) is 14.2. The van der Waals surface area contributed by atoms with Crippen molar-refractivity contribution in [1.82, 2.24) is 14.8 Å². The van der Waals surface area contributed by atoms with Crippen LogP contribution in [0.2, 0.25) is 0 Å². The number of nitro benzene ring substituents is 1. The average Bonchev–Trinajstić information content (AvgIpc) is 2.67. The molecule has 19 heavy (non-hydrogen) atoms. The van der Waals surface area contributed by atoms with Gasteiger partial charge in [-0.15, -0.1) is 0 Å². The van der Waals surface area contributed by atoms with E-state index >= 15 is 0 Å². The first kappa shape index (κ1) is 12.7. The van der Waals surface area contributed by atoms with Crippen LogP contribution in [0.25, 0.3) is 5.69 Å². The van der Waals surface area contributed by atoms with Gasteiger partial charge in [-0.1, -0.05) is 6.07 Å². The van der Waals surface area contributed by atoms with Gasteiger partial charge in [0.25, 0.3) is 0 Å². The minimum absolute atomic E-state index is 0.0861. The Kier molecular flexibility index (Phi) is 2.99. The molecule has 98 valence electrons. The van der Waals surface area contributed by atoms with Gasteiger partial charge in [0.1, 0.15) is 22.9 Å². The molecular weight excluding hydrogens is 252 g/mol. The molecule has 2 rings (SSSR count). The summed E-state index contributed by atoms with van der Waals surface area (Å²) in [6.45, 7) is 3.29. The topological polar surface area (TPSA) is 111 Å². The molecule has 1 aromatic carbocycles. The predicted molar refractivity (Wildman–Crippen MR) is 64.4 cm³/mol. The summed E-state index contributed by atoms with van der Waals surface area (Å²) in [6, 6.07) is 4.05. The van der Waals surface area contributed by atoms with E-state index in [1.54, 1.807) is 13.8 Å². The molecule has 2 aromatic rings. The number of hydrogen-bond acceptors (Lipinski definition) is 5. The largest absolute Gasteiger partial charge is 0.477 e. The van der Waals surface area contributed by atoms with Crippen LogP contribution in [0.5, 0.6) is 0 Å². The Morgan fingerprint density at radius 1 is 1.42 bits per heavy atom. The Morgan fingerprint density at radius 3 is 2.58 bits per heavy atom. The highest BCUT2D eigenvalue weighted by Gasteiger charge is 2.26. The van der Waals surface area contributed by atoms with Crippen molar-refractivity contribution >= 4 is 11.7 Å². The highest BCUT2D eigenvalue weighted by atomic mass is 16.6. The van der Waals surface area contributed by atoms with Gasteiger partial charge < -0.3 is 5.11 Å². The van der Waals surface area contributed by atoms with Crippen molar-refractivity contribution in [2.24, 2.45) is 0 Å². The summed E-state index contributed by atoms with van der Waals surface area (Å²) in [7, 11) is 0. The lowest BCUT2D eigenvalue weighted by molar-refractivity contribution is -0.385. The van der Waals surface area contributed by atoms with Gasteiger partial charge in [0, 0.05) is 0 Å². The summed E-state index contributed by atoms with van der Waals surface area (Å²) >= 11 is 0. The van der Waals surface area contributed by atoms with Gasteiger partial charge in [-0.3, -0.25) is 10.1 Å². The summed E-state index contributed by atoms with van der Waals surface area (Å²) in [4.78, 5) is 25.5. The Hall–Kier alpha value is -2.77. The number of nitrogens with zero attached hydrogens (tertiary/aromatic N) is 4. The zero-order valence-corrected chi connectivity index (χ0v) is 10.2. The molecule has 0 radical (unpaired) electrons. The minimum atomic E-state index is -1.36. The van der Waals surface area contributed by atoms with Crippen LogP contribution in [0.3, 0.4) is 0 Å². The fourth-order valence-electron chi connectivity index (χ4n) is 1.82. The Labute approximate surface area is 107 Å². The number of benzene rings is 1. The second-order valence-electron chi connectivity index (χ2n) is 3.85. The van der Waals surface area contributed by atoms with Crippen molar-refractivity contribution in [3.63, 3.8) is 0 Å². The molecule has 0 spiro atoms. The Balaban J connectivity index is 2.77. The number of nitro groups is 1. The van der Waals surface area contributed by atoms with Crippen molar-refractivity contribution in [3.05, 3.63) is 45.5 Å². The number of carboxylic acid groups (broad SMARTS) is 1. The second kappa shape index (κ2) is 4.48. The third-order valence-electron chi connectivity index (χ3n) is 2.53. The first-order chi connectivity index (χ1) is 8.91. The quantitative estimate of drug-likeness (QED) is 0.662. The lowest BCUT2D eigenvalue weighted by Gasteiger charge is -2.06. The molecule has 8 heteroatoms. The number of carboxylic acids is 1. The summed E-state index contributed by atoms with van der Waals surface area (Å²) in [5.74, 6) is -0.460. The van der Waals surface area contributed by atoms with E-state index in [9.17, 15) is 14.9 Å². The summed E-state index contributed by atoms with van der Waals surface area (Å²) in [6.07, 6.45) is 0. The van der Waals surface area contributed by atoms with E-state index < -0.39 is 16.6 Å². The van der Waals surface area contributed by atoms with Gasteiger partial charge in [-0.05, 0) is 26.0 Å². The smallest absolute Gasteiger partial charge is 0.342 e. The van der Waals surface area contributed by atoms with Crippen molar-refractivity contribution in [3.8, 4) is 5.69 Å². The normalized spacial score (nSPS) is 10.4. The van der Waals surface area contributed by atoms with Crippen molar-refractivity contribution in [2.75, 3.05) is 0 Å². The lowest BCUT2D eigenvalue weighted by Crippen LogP contribution is -2.09. The molecule has 8 nitrogen and oxygen atoms in total. The fourth-order valence-corrected chi connectivity index (χ4v) is 1.82. The maximum atomic E-state index is 11.1. The van der Waals surface area contributed by atoms with Gasteiger partial charge in [-0.25, -0.2) is 14.5 Å². The summed E-state index contributed by atoms with van der Waals surface area (Å²) in [5.41, 5.74) is -0.791. The highest BCUT2D eigenvalue weighted by molar-refractivity contribution is 5.94. The lowest BCUT2D eigenvalue weighted by atomic mass is 10.1. The SMILES string of the molecule is Cc1nc(C)n(-c2cccc(C(=O)O)c2[N+](=O)[O-])n1. The maximum absolute atomic E-state index is 11.1. The minimum Gasteiger partial charge on any atom is -0.477 e. The van der Waals surface area contributed by atoms with Gasteiger partial charge in [0.05, 0.1) is 4.92 Å². The van der Waals surface area contributed by atoms with Gasteiger partial charge in [0.15, 0.2) is 0 Å². The fraction of sp³-hybridized carbons (Fsp3) is 0.182. The zero-order valence-electron chi connectivity index (χ0n) is 10.2. The highest BCUT2D eigenvalue weighted by Crippen LogP contribution is 2.27. The van der Waals surface area contributed by atoms with Crippen molar-refractivity contribution in [2.45, 2.75) is 13.8 Å². The van der Waals surface area contributed by atoms with Crippen LogP contribution in [0, 0.1) is 24.0 Å². The molecule has 0 atom stereocenters. The monoisotopic (exact) mass is 262 g/mol. The second-order valence-corrected chi connectivity index (χ2v) is 3.85. The molecule has 0 saturated carbocycles. The van der Waals surface area contributed by atoms with E-state index in [0.717, 1.165) is 0 Å². The van der Waals surface area contributed by atoms with Crippen LogP contribution < -0.4 is 0 Å². The maximum Gasteiger partial charge on any atom is 0.342 e. The van der Waals surface area contributed by atoms with Crippen molar-refractivity contribution < 1.29 is 14.8 Å². The van der Waals surface area contributed by atoms with Crippen LogP contribution >= 0.6 is 0 Å². The molecule has 1 heterocycles. The van der Waals surface area contributed by atoms with Gasteiger partial charge in [-0.2, -0.15) is 5.10 Å². The van der Waals surface area contributed by atoms with Crippen LogP contribution in [0.4, 0.5) is 5.69 Å². The van der Waals surface area contributed by atoms with E-state index in [1.807, 2.05) is 0 Å². The molecular formula is C11H10N4O4. The molecule has 0 fully saturated rings. The number of rotatable bonds is 3. The summed E-state index contributed by atoms with van der Waals surface area (Å²) < 4.78 is 1.26. The number of hydrogen-bond donors (Lipinski definition) is 1. The van der Waals surface area contributed by atoms with Crippen LogP contribution in [-0.2, 0) is 0 Å². The molecule has 0 aliphatic heterocycles. The van der Waals surface area contributed by atoms with Crippen LogP contribution in [-0.4, -0.2) is 30.8 Å². The molecule has 1 aromatic heterocycles. The predicted octanol–water partition coefficient (Wildman–Crippen LogP) is 1.49. The number of aromatic carboxylic acids is 1. The van der Waals surface area contributed by atoms with Crippen LogP contribution in [0.15, 0.2) is 18.2 Å². The Morgan fingerprint density at radius 2 is 2.11 bits per heavy atom. The van der Waals surface area contributed by atoms with Gasteiger partial charge >= 0.3 is 11.7 Å². The van der Waals surface area contributed by atoms with E-state index in [1.165, 1.54) is 22.9 Å². The van der Waals surface area contributed by atoms with Gasteiger partial charge in [0.2, 0.25) is 0 Å². The number of carbonyl (C=O) groups is 1. The number of aryl methyl sites for hydroxylation is 2. The molecule has 0 aliphatic rings. The Bertz CT molecular complexity index is 677. The molecule has 0 bridgehead atoms. The molecule has 0 amide bonds. The van der Waals surface area contributed by atoms with E-state index in [2.05, 4.69) is 10.1 Å². The molecule has 0 unspecified atom stereocenters. The van der Waals surface area contributed by atoms with Crippen LogP contribution in [0.1, 0.15) is 22.0 Å². The third-order valence-corrected chi connectivity index (χ3v) is 2.53. The van der Waals surface area contributed by atoms with E-state index in [4.69, 9.17) is 5.11 Å². The first-order valence-corrected chi connectivity index (χ1v) is 5.33. The van der Waals surface area contributed by atoms with E-state index in [0.29, 0.717) is 11.6 Å². The average molecular weight is 262 g/mol. The number of para-hydroxylation sites is 1. The number of aromatic nitrogens is 3. The molecule has 0 saturated heterocycles. The van der Waals surface area contributed by atoms with Crippen molar-refractivity contribution in [1.29, 1.82) is 0 Å². The third kappa shape index (κ3) is 2.15. The standard InChI is InChI=1S/C11H10N4O4/c1-6-12-7(2)14(13-6)9-5-3-4-8(11(16)17)10(9)15(18)19/h3-5H,1-2H3,(H,16,17). The molecule has 0 aliphatic carbocycles.